The molecule has 10 nitrogen and oxygen atoms in total. The second-order valence-corrected chi connectivity index (χ2v) is 10.2. The summed E-state index contributed by atoms with van der Waals surface area (Å²) >= 11 is 6.86. The van der Waals surface area contributed by atoms with E-state index < -0.39 is 21.7 Å². The highest BCUT2D eigenvalue weighted by molar-refractivity contribution is 7.92. The van der Waals surface area contributed by atoms with Crippen molar-refractivity contribution in [3.05, 3.63) is 64.2 Å². The minimum absolute atomic E-state index is 0.0783. The van der Waals surface area contributed by atoms with Crippen molar-refractivity contribution in [3.8, 4) is 17.6 Å². The van der Waals surface area contributed by atoms with Gasteiger partial charge in [-0.25, -0.2) is 13.2 Å². The molecule has 0 unspecified atom stereocenters. The summed E-state index contributed by atoms with van der Waals surface area (Å²) in [5.74, 6) is -0.768. The molecule has 13 heteroatoms. The number of esters is 1. The number of carbonyl (C=O) groups excluding carboxylic acids is 2. The Morgan fingerprint density at radius 2 is 1.88 bits per heavy atom. The number of carbonyl (C=O) groups is 2. The number of nitriles is 1. The van der Waals surface area contributed by atoms with Crippen LogP contribution in [0.5, 0.6) is 11.5 Å². The van der Waals surface area contributed by atoms with Crippen LogP contribution in [0, 0.1) is 11.3 Å². The zero-order valence-corrected chi connectivity index (χ0v) is 20.0. The number of hydrogen-bond donors (Lipinski definition) is 1. The number of rotatable bonds is 7. The van der Waals surface area contributed by atoms with E-state index in [0.29, 0.717) is 28.2 Å². The number of sulfone groups is 1. The van der Waals surface area contributed by atoms with Gasteiger partial charge in [0.15, 0.2) is 0 Å². The van der Waals surface area contributed by atoms with E-state index in [2.05, 4.69) is 15.5 Å². The van der Waals surface area contributed by atoms with Gasteiger partial charge in [0.25, 0.3) is 5.91 Å². The van der Waals surface area contributed by atoms with Crippen molar-refractivity contribution in [2.45, 2.75) is 4.34 Å². The molecule has 0 spiro atoms. The number of anilines is 1. The summed E-state index contributed by atoms with van der Waals surface area (Å²) in [4.78, 5) is 24.7. The molecule has 0 aliphatic heterocycles. The van der Waals surface area contributed by atoms with E-state index in [0.717, 1.165) is 6.26 Å². The molecular formula is C21H15ClN4O6S2. The van der Waals surface area contributed by atoms with E-state index in [1.54, 1.807) is 30.3 Å². The summed E-state index contributed by atoms with van der Waals surface area (Å²) in [7, 11) is -2.06. The molecule has 0 fully saturated rings. The lowest BCUT2D eigenvalue weighted by Crippen LogP contribution is -2.13. The lowest BCUT2D eigenvalue weighted by atomic mass is 10.1. The Morgan fingerprint density at radius 3 is 2.44 bits per heavy atom. The number of benzene rings is 2. The van der Waals surface area contributed by atoms with Gasteiger partial charge in [0.1, 0.15) is 23.1 Å². The monoisotopic (exact) mass is 518 g/mol. The number of aromatic nitrogens is 2. The van der Waals surface area contributed by atoms with Crippen LogP contribution in [0.25, 0.3) is 6.08 Å². The molecule has 3 aromatic rings. The predicted octanol–water partition coefficient (Wildman–Crippen LogP) is 3.37. The van der Waals surface area contributed by atoms with Gasteiger partial charge in [-0.05, 0) is 48.0 Å². The minimum atomic E-state index is -3.57. The Balaban J connectivity index is 1.73. The van der Waals surface area contributed by atoms with Crippen molar-refractivity contribution in [1.82, 2.24) is 10.2 Å². The lowest BCUT2D eigenvalue weighted by molar-refractivity contribution is -0.112. The van der Waals surface area contributed by atoms with E-state index in [9.17, 15) is 23.3 Å². The first kappa shape index (κ1) is 24.8. The molecule has 1 heterocycles. The first-order chi connectivity index (χ1) is 16.1. The van der Waals surface area contributed by atoms with Gasteiger partial charge in [-0.15, -0.1) is 10.2 Å². The predicted molar refractivity (Wildman–Crippen MR) is 125 cm³/mol. The number of nitrogens with one attached hydrogen (secondary N) is 1. The van der Waals surface area contributed by atoms with Crippen LogP contribution in [0.15, 0.2) is 52.4 Å². The quantitative estimate of drug-likeness (QED) is 0.163. The Kier molecular flexibility index (Phi) is 7.62. The van der Waals surface area contributed by atoms with Gasteiger partial charge in [0, 0.05) is 6.26 Å². The Hall–Kier alpha value is -3.79. The fourth-order valence-corrected chi connectivity index (χ4v) is 4.20. The van der Waals surface area contributed by atoms with Crippen molar-refractivity contribution in [2.24, 2.45) is 0 Å². The van der Waals surface area contributed by atoms with Crippen LogP contribution in [0.4, 0.5) is 5.13 Å². The molecule has 0 radical (unpaired) electrons. The number of ether oxygens (including phenoxy) is 2. The first-order valence-electron chi connectivity index (χ1n) is 9.23. The molecule has 0 bridgehead atoms. The van der Waals surface area contributed by atoms with Gasteiger partial charge in [-0.3, -0.25) is 10.1 Å². The molecule has 0 atom stereocenters. The van der Waals surface area contributed by atoms with Gasteiger partial charge in [0.2, 0.25) is 19.3 Å². The minimum Gasteiger partial charge on any atom is -0.497 e. The zero-order valence-electron chi connectivity index (χ0n) is 17.6. The standard InChI is InChI=1S/C21H15ClN4O6S2/c1-31-15-6-4-13(5-7-15)19(28)32-17-8-3-12(10-16(17)22)9-14(11-23)18(27)24-20-25-26-21(33-20)34(2,29)30/h3-10H,1-2H3,(H,24,25,27). The number of methoxy groups -OCH3 is 1. The first-order valence-corrected chi connectivity index (χ1v) is 12.3. The van der Waals surface area contributed by atoms with Crippen molar-refractivity contribution in [3.63, 3.8) is 0 Å². The summed E-state index contributed by atoms with van der Waals surface area (Å²) in [6, 6.07) is 12.4. The van der Waals surface area contributed by atoms with Gasteiger partial charge in [0.05, 0.1) is 17.7 Å². The largest absolute Gasteiger partial charge is 0.497 e. The van der Waals surface area contributed by atoms with Crippen molar-refractivity contribution in [1.29, 1.82) is 5.26 Å². The smallest absolute Gasteiger partial charge is 0.343 e. The summed E-state index contributed by atoms with van der Waals surface area (Å²) in [5.41, 5.74) is 0.380. The van der Waals surface area contributed by atoms with Crippen LogP contribution in [-0.4, -0.2) is 43.9 Å². The summed E-state index contributed by atoms with van der Waals surface area (Å²) in [6.07, 6.45) is 2.22. The van der Waals surface area contributed by atoms with E-state index in [4.69, 9.17) is 21.1 Å². The van der Waals surface area contributed by atoms with Crippen LogP contribution in [-0.2, 0) is 14.6 Å². The molecule has 2 aromatic carbocycles. The molecule has 1 aromatic heterocycles. The zero-order chi connectivity index (χ0) is 24.9. The van der Waals surface area contributed by atoms with Gasteiger partial charge in [-0.1, -0.05) is 29.0 Å². The van der Waals surface area contributed by atoms with E-state index >= 15 is 0 Å². The van der Waals surface area contributed by atoms with Gasteiger partial charge in [-0.2, -0.15) is 5.26 Å². The molecule has 1 N–H and O–H groups in total. The molecular weight excluding hydrogens is 504 g/mol. The number of hydrogen-bond acceptors (Lipinski definition) is 10. The average Bonchev–Trinajstić information content (AvgIpc) is 3.28. The molecule has 3 rings (SSSR count). The highest BCUT2D eigenvalue weighted by Crippen LogP contribution is 2.28. The molecule has 0 saturated heterocycles. The maximum Gasteiger partial charge on any atom is 0.343 e. The highest BCUT2D eigenvalue weighted by Gasteiger charge is 2.18. The Labute approximate surface area is 203 Å². The normalized spacial score (nSPS) is 11.4. The topological polar surface area (TPSA) is 148 Å². The lowest BCUT2D eigenvalue weighted by Gasteiger charge is -2.08. The van der Waals surface area contributed by atoms with Crippen molar-refractivity contribution >= 4 is 55.9 Å². The van der Waals surface area contributed by atoms with Crippen LogP contribution in [0.2, 0.25) is 5.02 Å². The second kappa shape index (κ2) is 10.4. The third kappa shape index (κ3) is 6.16. The SMILES string of the molecule is COc1ccc(C(=O)Oc2ccc(C=C(C#N)C(=O)Nc3nnc(S(C)(=O)=O)s3)cc2Cl)cc1. The van der Waals surface area contributed by atoms with Crippen LogP contribution >= 0.6 is 22.9 Å². The van der Waals surface area contributed by atoms with Crippen molar-refractivity contribution in [2.75, 3.05) is 18.7 Å². The average molecular weight is 519 g/mol. The molecule has 0 saturated carbocycles. The summed E-state index contributed by atoms with van der Waals surface area (Å²) in [6.45, 7) is 0. The molecule has 34 heavy (non-hydrogen) atoms. The maximum absolute atomic E-state index is 12.4. The van der Waals surface area contributed by atoms with Crippen LogP contribution < -0.4 is 14.8 Å². The van der Waals surface area contributed by atoms with E-state index in [1.807, 2.05) is 0 Å². The summed E-state index contributed by atoms with van der Waals surface area (Å²) in [5, 5.41) is 18.7. The Bertz CT molecular complexity index is 1430. The number of nitrogens with zero attached hydrogens (tertiary/aromatic N) is 3. The van der Waals surface area contributed by atoms with E-state index in [1.165, 1.54) is 31.4 Å². The maximum atomic E-state index is 12.4. The van der Waals surface area contributed by atoms with Crippen LogP contribution in [0.3, 0.4) is 0 Å². The van der Waals surface area contributed by atoms with Gasteiger partial charge < -0.3 is 9.47 Å². The molecule has 1 amide bonds. The number of halogens is 1. The van der Waals surface area contributed by atoms with Gasteiger partial charge >= 0.3 is 5.97 Å². The van der Waals surface area contributed by atoms with E-state index in [-0.39, 0.29) is 25.8 Å². The summed E-state index contributed by atoms with van der Waals surface area (Å²) < 4.78 is 33.0. The third-order valence-electron chi connectivity index (χ3n) is 4.10. The molecule has 174 valence electrons. The fourth-order valence-electron chi connectivity index (χ4n) is 2.47. The van der Waals surface area contributed by atoms with Crippen molar-refractivity contribution < 1.29 is 27.5 Å². The molecule has 0 aliphatic rings. The Morgan fingerprint density at radius 1 is 1.18 bits per heavy atom. The van der Waals surface area contributed by atoms with Crippen LogP contribution in [0.1, 0.15) is 15.9 Å². The molecule has 0 aliphatic carbocycles. The third-order valence-corrected chi connectivity index (χ3v) is 6.91. The number of amides is 1. The fraction of sp³-hybridized carbons (Fsp3) is 0.0952. The second-order valence-electron chi connectivity index (χ2n) is 6.58. The highest BCUT2D eigenvalue weighted by atomic mass is 35.5.